The van der Waals surface area contributed by atoms with Crippen LogP contribution in [0.15, 0.2) is 18.2 Å². The summed E-state index contributed by atoms with van der Waals surface area (Å²) in [6, 6.07) is 4.44. The number of hydrogen-bond donors (Lipinski definition) is 2. The Morgan fingerprint density at radius 3 is 2.55 bits per heavy atom. The summed E-state index contributed by atoms with van der Waals surface area (Å²) in [6.45, 7) is 0.179. The van der Waals surface area contributed by atoms with E-state index in [0.717, 1.165) is 5.69 Å². The number of benzene rings is 1. The third-order valence-electron chi connectivity index (χ3n) is 4.01. The molecule has 1 fully saturated rings. The molecule has 1 aromatic carbocycles. The zero-order chi connectivity index (χ0) is 16.1. The molecule has 9 heteroatoms. The molecule has 0 radical (unpaired) electrons. The maximum Gasteiger partial charge on any atom is 0.269 e. The van der Waals surface area contributed by atoms with Crippen LogP contribution in [0.4, 0.5) is 11.4 Å². The summed E-state index contributed by atoms with van der Waals surface area (Å²) in [6.07, 6.45) is 0.0919. The highest BCUT2D eigenvalue weighted by molar-refractivity contribution is 7.80. The van der Waals surface area contributed by atoms with Crippen LogP contribution in [0.3, 0.4) is 0 Å². The van der Waals surface area contributed by atoms with Gasteiger partial charge in [-0.25, -0.2) is 0 Å². The van der Waals surface area contributed by atoms with Crippen LogP contribution in [-0.2, 0) is 16.0 Å². The van der Waals surface area contributed by atoms with E-state index in [4.69, 9.17) is 12.2 Å². The van der Waals surface area contributed by atoms with Gasteiger partial charge >= 0.3 is 0 Å². The molecule has 2 aliphatic heterocycles. The van der Waals surface area contributed by atoms with E-state index in [0.29, 0.717) is 5.56 Å². The number of hydrogen-bond acceptors (Lipinski definition) is 6. The lowest BCUT2D eigenvalue weighted by Crippen LogP contribution is -2.67. The fourth-order valence-corrected chi connectivity index (χ4v) is 3.14. The van der Waals surface area contributed by atoms with Crippen molar-refractivity contribution in [2.75, 3.05) is 18.5 Å². The number of carbonyl (C=O) groups is 2. The van der Waals surface area contributed by atoms with Gasteiger partial charge in [0.15, 0.2) is 5.11 Å². The van der Waals surface area contributed by atoms with E-state index < -0.39 is 22.2 Å². The van der Waals surface area contributed by atoms with E-state index in [1.54, 1.807) is 18.0 Å². The molecule has 0 aromatic heterocycles. The lowest BCUT2D eigenvalue weighted by molar-refractivity contribution is -0.384. The minimum absolute atomic E-state index is 0.0203. The third kappa shape index (κ3) is 2.01. The Morgan fingerprint density at radius 2 is 1.95 bits per heavy atom. The van der Waals surface area contributed by atoms with Crippen molar-refractivity contribution in [2.24, 2.45) is 5.41 Å². The Morgan fingerprint density at radius 1 is 1.32 bits per heavy atom. The van der Waals surface area contributed by atoms with Crippen LogP contribution in [0.25, 0.3) is 0 Å². The van der Waals surface area contributed by atoms with Crippen molar-refractivity contribution in [1.29, 1.82) is 0 Å². The normalized spacial score (nSPS) is 19.5. The molecule has 3 rings (SSSR count). The Hall–Kier alpha value is -2.55. The fraction of sp³-hybridized carbons (Fsp3) is 0.308. The third-order valence-corrected chi connectivity index (χ3v) is 4.21. The van der Waals surface area contributed by atoms with Crippen molar-refractivity contribution < 1.29 is 14.5 Å². The minimum Gasteiger partial charge on any atom is -0.373 e. The van der Waals surface area contributed by atoms with Crippen LogP contribution >= 0.6 is 12.2 Å². The van der Waals surface area contributed by atoms with E-state index in [9.17, 15) is 19.7 Å². The van der Waals surface area contributed by atoms with Gasteiger partial charge in [-0.15, -0.1) is 0 Å². The number of carbonyl (C=O) groups excluding carboxylic acids is 2. The van der Waals surface area contributed by atoms with Crippen molar-refractivity contribution in [3.8, 4) is 0 Å². The fourth-order valence-electron chi connectivity index (χ4n) is 2.95. The van der Waals surface area contributed by atoms with E-state index in [-0.39, 0.29) is 23.8 Å². The summed E-state index contributed by atoms with van der Waals surface area (Å²) in [5, 5.41) is 15.8. The van der Waals surface area contributed by atoms with Gasteiger partial charge in [0.2, 0.25) is 11.8 Å². The second-order valence-electron chi connectivity index (χ2n) is 5.42. The molecular formula is C13H12N4O4S. The summed E-state index contributed by atoms with van der Waals surface area (Å²) in [5.74, 6) is -0.962. The predicted molar refractivity (Wildman–Crippen MR) is 81.4 cm³/mol. The lowest BCUT2D eigenvalue weighted by atomic mass is 9.75. The van der Waals surface area contributed by atoms with Crippen LogP contribution in [0, 0.1) is 15.5 Å². The largest absolute Gasteiger partial charge is 0.373 e. The number of nitro benzene ring substituents is 1. The average Bonchev–Trinajstić information content (AvgIpc) is 2.44. The maximum atomic E-state index is 12.3. The lowest BCUT2D eigenvalue weighted by Gasteiger charge is -2.42. The summed E-state index contributed by atoms with van der Waals surface area (Å²) in [5.41, 5.74) is -0.0541. The first-order valence-electron chi connectivity index (χ1n) is 6.49. The van der Waals surface area contributed by atoms with Gasteiger partial charge in [0.25, 0.3) is 5.69 Å². The van der Waals surface area contributed by atoms with Crippen molar-refractivity contribution >= 4 is 40.5 Å². The molecule has 114 valence electrons. The number of amides is 2. The van der Waals surface area contributed by atoms with Crippen LogP contribution in [0.5, 0.6) is 0 Å². The molecule has 22 heavy (non-hydrogen) atoms. The number of fused-ring (bicyclic) bond motifs is 1. The number of anilines is 1. The SMILES string of the molecule is CN1CC2(Cc3cc([N+](=O)[O-])ccc31)C(=O)NC(=S)NC2=O. The van der Waals surface area contributed by atoms with Crippen LogP contribution < -0.4 is 15.5 Å². The Labute approximate surface area is 130 Å². The zero-order valence-corrected chi connectivity index (χ0v) is 12.4. The Kier molecular flexibility index (Phi) is 3.10. The minimum atomic E-state index is -1.33. The van der Waals surface area contributed by atoms with Gasteiger partial charge in [-0.3, -0.25) is 19.7 Å². The highest BCUT2D eigenvalue weighted by Gasteiger charge is 2.52. The van der Waals surface area contributed by atoms with E-state index in [2.05, 4.69) is 10.6 Å². The molecule has 0 aliphatic carbocycles. The molecular weight excluding hydrogens is 308 g/mol. The standard InChI is InChI=1S/C13H12N4O4S/c1-16-6-13(10(18)14-12(22)15-11(13)19)5-7-4-8(17(20)21)2-3-9(7)16/h2-4H,5-6H2,1H3,(H2,14,15,18,19,22). The van der Waals surface area contributed by atoms with Crippen molar-refractivity contribution in [3.63, 3.8) is 0 Å². The monoisotopic (exact) mass is 320 g/mol. The first-order chi connectivity index (χ1) is 10.3. The first kappa shape index (κ1) is 14.4. The first-order valence-corrected chi connectivity index (χ1v) is 6.90. The summed E-state index contributed by atoms with van der Waals surface area (Å²) in [7, 11) is 1.74. The van der Waals surface area contributed by atoms with E-state index in [1.807, 2.05) is 0 Å². The molecule has 8 nitrogen and oxygen atoms in total. The molecule has 2 aliphatic rings. The molecule has 1 aromatic rings. The van der Waals surface area contributed by atoms with Crippen LogP contribution in [-0.4, -0.2) is 35.4 Å². The second kappa shape index (κ2) is 4.73. The number of nitrogens with one attached hydrogen (secondary N) is 2. The summed E-state index contributed by atoms with van der Waals surface area (Å²) >= 11 is 4.81. The summed E-state index contributed by atoms with van der Waals surface area (Å²) in [4.78, 5) is 36.9. The number of thiocarbonyl (C=S) groups is 1. The molecule has 1 spiro atoms. The van der Waals surface area contributed by atoms with Gasteiger partial charge in [-0.1, -0.05) is 0 Å². The number of nitro groups is 1. The summed E-state index contributed by atoms with van der Waals surface area (Å²) < 4.78 is 0. The molecule has 2 N–H and O–H groups in total. The number of non-ortho nitro benzene ring substituents is 1. The van der Waals surface area contributed by atoms with Gasteiger partial charge in [0.05, 0.1) is 4.92 Å². The van der Waals surface area contributed by atoms with Crippen molar-refractivity contribution in [1.82, 2.24) is 10.6 Å². The number of rotatable bonds is 1. The van der Waals surface area contributed by atoms with Gasteiger partial charge in [-0.2, -0.15) is 0 Å². The van der Waals surface area contributed by atoms with Gasteiger partial charge in [0.1, 0.15) is 5.41 Å². The number of nitrogens with zero attached hydrogens (tertiary/aromatic N) is 2. The maximum absolute atomic E-state index is 12.3. The second-order valence-corrected chi connectivity index (χ2v) is 5.83. The van der Waals surface area contributed by atoms with E-state index in [1.165, 1.54) is 12.1 Å². The van der Waals surface area contributed by atoms with Crippen LogP contribution in [0.2, 0.25) is 0 Å². The van der Waals surface area contributed by atoms with Crippen molar-refractivity contribution in [2.45, 2.75) is 6.42 Å². The van der Waals surface area contributed by atoms with Crippen LogP contribution in [0.1, 0.15) is 5.56 Å². The Bertz CT molecular complexity index is 713. The topological polar surface area (TPSA) is 105 Å². The highest BCUT2D eigenvalue weighted by Crippen LogP contribution is 2.38. The molecule has 2 heterocycles. The molecule has 0 saturated carbocycles. The molecule has 0 unspecified atom stereocenters. The van der Waals surface area contributed by atoms with Gasteiger partial charge in [0, 0.05) is 31.4 Å². The zero-order valence-electron chi connectivity index (χ0n) is 11.6. The average molecular weight is 320 g/mol. The molecule has 0 atom stereocenters. The molecule has 0 bridgehead atoms. The van der Waals surface area contributed by atoms with E-state index >= 15 is 0 Å². The molecule has 1 saturated heterocycles. The Balaban J connectivity index is 2.07. The van der Waals surface area contributed by atoms with Gasteiger partial charge in [-0.05, 0) is 30.3 Å². The smallest absolute Gasteiger partial charge is 0.269 e. The quantitative estimate of drug-likeness (QED) is 0.329. The van der Waals surface area contributed by atoms with Gasteiger partial charge < -0.3 is 15.5 Å². The van der Waals surface area contributed by atoms with Crippen molar-refractivity contribution in [3.05, 3.63) is 33.9 Å². The predicted octanol–water partition coefficient (Wildman–Crippen LogP) is 0.104. The molecule has 2 amide bonds. The highest BCUT2D eigenvalue weighted by atomic mass is 32.1.